The van der Waals surface area contributed by atoms with Crippen LogP contribution in [0.3, 0.4) is 0 Å². The Morgan fingerprint density at radius 3 is 2.70 bits per heavy atom. The summed E-state index contributed by atoms with van der Waals surface area (Å²) in [6, 6.07) is 6.55. The summed E-state index contributed by atoms with van der Waals surface area (Å²) in [7, 11) is 1.53. The molecule has 0 aliphatic rings. The van der Waals surface area contributed by atoms with E-state index in [1.54, 1.807) is 31.3 Å². The highest BCUT2D eigenvalue weighted by Crippen LogP contribution is 2.30. The van der Waals surface area contributed by atoms with Crippen LogP contribution in [0.4, 0.5) is 4.39 Å². The highest BCUT2D eigenvalue weighted by atomic mass is 19.1. The van der Waals surface area contributed by atoms with Gasteiger partial charge >= 0.3 is 0 Å². The maximum atomic E-state index is 13.0. The first-order valence-corrected chi connectivity index (χ1v) is 6.18. The van der Waals surface area contributed by atoms with Crippen molar-refractivity contribution >= 4 is 0 Å². The molecule has 1 aromatic heterocycles. The third-order valence-electron chi connectivity index (χ3n) is 2.83. The van der Waals surface area contributed by atoms with Gasteiger partial charge in [0.1, 0.15) is 12.4 Å². The first-order valence-electron chi connectivity index (χ1n) is 6.18. The zero-order valence-corrected chi connectivity index (χ0v) is 11.3. The summed E-state index contributed by atoms with van der Waals surface area (Å²) >= 11 is 0. The fraction of sp³-hybridized carbons (Fsp3) is 0.267. The molecule has 0 amide bonds. The minimum absolute atomic E-state index is 0.190. The van der Waals surface area contributed by atoms with Crippen molar-refractivity contribution in [2.75, 3.05) is 7.11 Å². The van der Waals surface area contributed by atoms with E-state index in [4.69, 9.17) is 9.47 Å². The second kappa shape index (κ2) is 6.34. The van der Waals surface area contributed by atoms with Crippen molar-refractivity contribution in [1.82, 2.24) is 4.98 Å². The van der Waals surface area contributed by atoms with E-state index < -0.39 is 11.9 Å². The van der Waals surface area contributed by atoms with Gasteiger partial charge in [0.15, 0.2) is 11.5 Å². The van der Waals surface area contributed by atoms with Crippen LogP contribution in [-0.2, 0) is 6.61 Å². The van der Waals surface area contributed by atoms with Crippen molar-refractivity contribution in [2.45, 2.75) is 19.6 Å². The molecule has 0 aliphatic carbocycles. The van der Waals surface area contributed by atoms with E-state index in [9.17, 15) is 9.50 Å². The fourth-order valence-corrected chi connectivity index (χ4v) is 1.76. The van der Waals surface area contributed by atoms with E-state index in [2.05, 4.69) is 4.98 Å². The van der Waals surface area contributed by atoms with Gasteiger partial charge in [0.05, 0.1) is 19.4 Å². The van der Waals surface area contributed by atoms with E-state index in [1.165, 1.54) is 13.2 Å². The lowest BCUT2D eigenvalue weighted by Crippen LogP contribution is -2.00. The molecular weight excluding hydrogens is 261 g/mol. The number of ether oxygens (including phenoxy) is 2. The van der Waals surface area contributed by atoms with Gasteiger partial charge in [-0.05, 0) is 30.7 Å². The minimum Gasteiger partial charge on any atom is -0.493 e. The number of aliphatic hydroxyl groups is 1. The summed E-state index contributed by atoms with van der Waals surface area (Å²) in [6.45, 7) is 1.86. The summed E-state index contributed by atoms with van der Waals surface area (Å²) in [6.07, 6.45) is 2.10. The van der Waals surface area contributed by atoms with Gasteiger partial charge in [0, 0.05) is 11.8 Å². The first kappa shape index (κ1) is 14.3. The maximum Gasteiger partial charge on any atom is 0.161 e. The minimum atomic E-state index is -0.578. The van der Waals surface area contributed by atoms with Crippen LogP contribution in [0.15, 0.2) is 36.7 Å². The molecule has 0 unspecified atom stereocenters. The van der Waals surface area contributed by atoms with Crippen LogP contribution in [0.2, 0.25) is 0 Å². The van der Waals surface area contributed by atoms with Crippen LogP contribution in [-0.4, -0.2) is 17.2 Å². The molecule has 2 rings (SSSR count). The number of nitrogens with zero attached hydrogens (tertiary/aromatic N) is 1. The molecule has 5 heteroatoms. The monoisotopic (exact) mass is 277 g/mol. The van der Waals surface area contributed by atoms with Crippen LogP contribution in [0.5, 0.6) is 11.5 Å². The predicted octanol–water partition coefficient (Wildman–Crippen LogP) is 2.86. The Hall–Kier alpha value is -2.14. The second-order valence-electron chi connectivity index (χ2n) is 4.39. The van der Waals surface area contributed by atoms with Gasteiger partial charge < -0.3 is 14.6 Å². The normalized spacial score (nSPS) is 12.0. The van der Waals surface area contributed by atoms with Crippen LogP contribution < -0.4 is 9.47 Å². The van der Waals surface area contributed by atoms with Crippen molar-refractivity contribution in [3.05, 3.63) is 53.6 Å². The Labute approximate surface area is 116 Å². The van der Waals surface area contributed by atoms with Gasteiger partial charge in [-0.25, -0.2) is 4.39 Å². The van der Waals surface area contributed by atoms with Crippen molar-refractivity contribution in [1.29, 1.82) is 0 Å². The quantitative estimate of drug-likeness (QED) is 0.913. The Bertz CT molecular complexity index is 587. The SMILES string of the molecule is COc1cc([C@@H](C)O)ccc1OCc1cncc(F)c1. The molecule has 0 saturated heterocycles. The Morgan fingerprint density at radius 1 is 1.25 bits per heavy atom. The lowest BCUT2D eigenvalue weighted by atomic mass is 10.1. The number of pyridine rings is 1. The maximum absolute atomic E-state index is 13.0. The number of hydrogen-bond acceptors (Lipinski definition) is 4. The van der Waals surface area contributed by atoms with Crippen LogP contribution in [0.25, 0.3) is 0 Å². The average molecular weight is 277 g/mol. The molecule has 4 nitrogen and oxygen atoms in total. The molecule has 106 valence electrons. The third kappa shape index (κ3) is 3.45. The molecule has 0 radical (unpaired) electrons. The molecule has 0 bridgehead atoms. The lowest BCUT2D eigenvalue weighted by molar-refractivity contribution is 0.198. The third-order valence-corrected chi connectivity index (χ3v) is 2.83. The number of rotatable bonds is 5. The van der Waals surface area contributed by atoms with Crippen molar-refractivity contribution in [3.63, 3.8) is 0 Å². The molecule has 1 N–H and O–H groups in total. The summed E-state index contributed by atoms with van der Waals surface area (Å²) in [5.74, 6) is 0.649. The van der Waals surface area contributed by atoms with E-state index in [0.29, 0.717) is 17.1 Å². The largest absolute Gasteiger partial charge is 0.493 e. The fourth-order valence-electron chi connectivity index (χ4n) is 1.76. The molecule has 2 aromatic rings. The molecular formula is C15H16FNO3. The smallest absolute Gasteiger partial charge is 0.161 e. The van der Waals surface area contributed by atoms with Gasteiger partial charge in [0.25, 0.3) is 0 Å². The molecule has 1 heterocycles. The molecule has 0 spiro atoms. The summed E-state index contributed by atoms with van der Waals surface area (Å²) in [5.41, 5.74) is 1.37. The van der Waals surface area contributed by atoms with Gasteiger partial charge in [-0.2, -0.15) is 0 Å². The number of methoxy groups -OCH3 is 1. The van der Waals surface area contributed by atoms with Gasteiger partial charge in [0.2, 0.25) is 0 Å². The first-order chi connectivity index (χ1) is 9.60. The lowest BCUT2D eigenvalue weighted by Gasteiger charge is -2.13. The number of aromatic nitrogens is 1. The van der Waals surface area contributed by atoms with Crippen molar-refractivity contribution < 1.29 is 19.0 Å². The Kier molecular flexibility index (Phi) is 4.53. The van der Waals surface area contributed by atoms with E-state index >= 15 is 0 Å². The Balaban J connectivity index is 2.13. The molecule has 20 heavy (non-hydrogen) atoms. The molecule has 0 fully saturated rings. The Morgan fingerprint density at radius 2 is 2.05 bits per heavy atom. The number of halogens is 1. The van der Waals surface area contributed by atoms with Crippen molar-refractivity contribution in [3.8, 4) is 11.5 Å². The summed E-state index contributed by atoms with van der Waals surface area (Å²) in [4.78, 5) is 3.76. The molecule has 1 aromatic carbocycles. The number of benzene rings is 1. The average Bonchev–Trinajstić information content (AvgIpc) is 2.45. The zero-order chi connectivity index (χ0) is 14.5. The summed E-state index contributed by atoms with van der Waals surface area (Å²) < 4.78 is 23.8. The van der Waals surface area contributed by atoms with Gasteiger partial charge in [-0.1, -0.05) is 6.07 Å². The standard InChI is InChI=1S/C15H16FNO3/c1-10(18)12-3-4-14(15(6-12)19-2)20-9-11-5-13(16)8-17-7-11/h3-8,10,18H,9H2,1-2H3/t10-/m1/s1. The van der Waals surface area contributed by atoms with Crippen molar-refractivity contribution in [2.24, 2.45) is 0 Å². The second-order valence-corrected chi connectivity index (χ2v) is 4.39. The molecule has 1 atom stereocenters. The van der Waals surface area contributed by atoms with E-state index in [-0.39, 0.29) is 6.61 Å². The highest BCUT2D eigenvalue weighted by molar-refractivity contribution is 5.43. The van der Waals surface area contributed by atoms with Crippen LogP contribution in [0, 0.1) is 5.82 Å². The molecule has 0 saturated carbocycles. The zero-order valence-electron chi connectivity index (χ0n) is 11.3. The highest BCUT2D eigenvalue weighted by Gasteiger charge is 2.09. The topological polar surface area (TPSA) is 51.6 Å². The van der Waals surface area contributed by atoms with Gasteiger partial charge in [-0.3, -0.25) is 4.98 Å². The predicted molar refractivity (Wildman–Crippen MR) is 72.2 cm³/mol. The number of aliphatic hydroxyl groups excluding tert-OH is 1. The van der Waals surface area contributed by atoms with Crippen LogP contribution in [0.1, 0.15) is 24.2 Å². The molecule has 0 aliphatic heterocycles. The van der Waals surface area contributed by atoms with Gasteiger partial charge in [-0.15, -0.1) is 0 Å². The van der Waals surface area contributed by atoms with E-state index in [0.717, 1.165) is 11.8 Å². The summed E-state index contributed by atoms with van der Waals surface area (Å²) in [5, 5.41) is 9.53. The number of hydrogen-bond donors (Lipinski definition) is 1. The van der Waals surface area contributed by atoms with Crippen LogP contribution >= 0.6 is 0 Å². The van der Waals surface area contributed by atoms with E-state index in [1.807, 2.05) is 0 Å².